The first kappa shape index (κ1) is 12.7. The molecular weight excluding hydrogens is 257 g/mol. The molecule has 0 aliphatic carbocycles. The summed E-state index contributed by atoms with van der Waals surface area (Å²) in [6.07, 6.45) is 0. The van der Waals surface area contributed by atoms with E-state index >= 15 is 0 Å². The Hall–Kier alpha value is -1.41. The standard InChI is InChI=1S/C8H8FNO4S2/c1-2-15(11,12)8-5-3-7(4-6-8)10-16(9,13)14/h2-6,10H,1H2. The van der Waals surface area contributed by atoms with Gasteiger partial charge in [0, 0.05) is 5.41 Å². The molecule has 0 amide bonds. The van der Waals surface area contributed by atoms with Gasteiger partial charge in [-0.25, -0.2) is 8.42 Å². The highest BCUT2D eigenvalue weighted by molar-refractivity contribution is 7.94. The molecule has 8 heteroatoms. The lowest BCUT2D eigenvalue weighted by Gasteiger charge is -2.02. The first-order chi connectivity index (χ1) is 7.24. The summed E-state index contributed by atoms with van der Waals surface area (Å²) in [5.41, 5.74) is -0.0643. The number of sulfone groups is 1. The van der Waals surface area contributed by atoms with Crippen molar-refractivity contribution in [2.24, 2.45) is 0 Å². The lowest BCUT2D eigenvalue weighted by molar-refractivity contribution is 0.558. The number of hydrogen-bond acceptors (Lipinski definition) is 4. The maximum absolute atomic E-state index is 12.2. The summed E-state index contributed by atoms with van der Waals surface area (Å²) in [6.45, 7) is 3.13. The monoisotopic (exact) mass is 265 g/mol. The lowest BCUT2D eigenvalue weighted by Crippen LogP contribution is -2.05. The van der Waals surface area contributed by atoms with Crippen molar-refractivity contribution < 1.29 is 20.7 Å². The molecule has 0 bridgehead atoms. The van der Waals surface area contributed by atoms with Gasteiger partial charge >= 0.3 is 10.4 Å². The van der Waals surface area contributed by atoms with Crippen molar-refractivity contribution in [1.82, 2.24) is 0 Å². The number of anilines is 1. The van der Waals surface area contributed by atoms with E-state index < -0.39 is 20.2 Å². The summed E-state index contributed by atoms with van der Waals surface area (Å²) in [5, 5.41) is 0.765. The van der Waals surface area contributed by atoms with Gasteiger partial charge < -0.3 is 0 Å². The highest BCUT2D eigenvalue weighted by Crippen LogP contribution is 2.16. The third-order valence-corrected chi connectivity index (χ3v) is 3.49. The molecule has 5 nitrogen and oxygen atoms in total. The van der Waals surface area contributed by atoms with Crippen LogP contribution in [0.4, 0.5) is 9.57 Å². The second-order valence-electron chi connectivity index (χ2n) is 2.78. The number of benzene rings is 1. The van der Waals surface area contributed by atoms with E-state index in [1.165, 1.54) is 0 Å². The topological polar surface area (TPSA) is 80.3 Å². The molecule has 1 rings (SSSR count). The lowest BCUT2D eigenvalue weighted by atomic mass is 10.3. The molecule has 0 atom stereocenters. The Morgan fingerprint density at radius 1 is 1.12 bits per heavy atom. The second-order valence-corrected chi connectivity index (χ2v) is 5.75. The van der Waals surface area contributed by atoms with Gasteiger partial charge in [0.15, 0.2) is 9.84 Å². The smallest absolute Gasteiger partial charge is 0.257 e. The van der Waals surface area contributed by atoms with Gasteiger partial charge in [-0.3, -0.25) is 4.72 Å². The second kappa shape index (κ2) is 4.22. The number of halogens is 1. The summed E-state index contributed by atoms with van der Waals surface area (Å²) in [4.78, 5) is -0.0516. The summed E-state index contributed by atoms with van der Waals surface area (Å²) in [6, 6.07) is 4.55. The minimum atomic E-state index is -4.85. The predicted octanol–water partition coefficient (Wildman–Crippen LogP) is 1.23. The van der Waals surface area contributed by atoms with Gasteiger partial charge in [-0.15, -0.1) is 0 Å². The van der Waals surface area contributed by atoms with Crippen LogP contribution >= 0.6 is 0 Å². The van der Waals surface area contributed by atoms with E-state index in [0.717, 1.165) is 29.7 Å². The minimum Gasteiger partial charge on any atom is -0.257 e. The molecule has 0 radical (unpaired) electrons. The van der Waals surface area contributed by atoms with E-state index in [9.17, 15) is 20.7 Å². The molecule has 0 aliphatic rings. The van der Waals surface area contributed by atoms with Gasteiger partial charge in [0.25, 0.3) is 0 Å². The molecule has 0 aromatic heterocycles. The molecule has 16 heavy (non-hydrogen) atoms. The van der Waals surface area contributed by atoms with Crippen LogP contribution in [0, 0.1) is 0 Å². The summed E-state index contributed by atoms with van der Waals surface area (Å²) in [5.74, 6) is 0. The number of hydrogen-bond donors (Lipinski definition) is 1. The maximum atomic E-state index is 12.2. The van der Waals surface area contributed by atoms with E-state index in [1.54, 1.807) is 4.72 Å². The normalized spacial score (nSPS) is 12.1. The summed E-state index contributed by atoms with van der Waals surface area (Å²) < 4.78 is 56.8. The van der Waals surface area contributed by atoms with Crippen molar-refractivity contribution in [3.8, 4) is 0 Å². The Morgan fingerprint density at radius 3 is 2.00 bits per heavy atom. The number of nitrogens with one attached hydrogen (secondary N) is 1. The van der Waals surface area contributed by atoms with Crippen LogP contribution in [-0.4, -0.2) is 16.8 Å². The fraction of sp³-hybridized carbons (Fsp3) is 0. The van der Waals surface area contributed by atoms with Crippen molar-refractivity contribution in [2.45, 2.75) is 4.90 Å². The first-order valence-corrected chi connectivity index (χ1v) is 6.87. The average molecular weight is 265 g/mol. The van der Waals surface area contributed by atoms with Crippen molar-refractivity contribution in [1.29, 1.82) is 0 Å². The predicted molar refractivity (Wildman–Crippen MR) is 57.5 cm³/mol. The SMILES string of the molecule is C=CS(=O)(=O)c1ccc(NS(=O)(=O)F)cc1. The van der Waals surface area contributed by atoms with E-state index in [4.69, 9.17) is 0 Å². The summed E-state index contributed by atoms with van der Waals surface area (Å²) in [7, 11) is -8.42. The minimum absolute atomic E-state index is 0.0516. The van der Waals surface area contributed by atoms with Gasteiger partial charge in [-0.2, -0.15) is 8.42 Å². The molecule has 1 N–H and O–H groups in total. The zero-order valence-corrected chi connectivity index (χ0v) is 9.55. The number of rotatable bonds is 4. The summed E-state index contributed by atoms with van der Waals surface area (Å²) >= 11 is 0. The molecular formula is C8H8FNO4S2. The average Bonchev–Trinajstić information content (AvgIpc) is 2.16. The molecule has 0 spiro atoms. The van der Waals surface area contributed by atoms with Crippen LogP contribution in [0.2, 0.25) is 0 Å². The molecule has 0 fully saturated rings. The Kier molecular flexibility index (Phi) is 3.34. The largest absolute Gasteiger partial charge is 0.396 e. The Morgan fingerprint density at radius 2 is 1.62 bits per heavy atom. The Bertz CT molecular complexity index is 589. The van der Waals surface area contributed by atoms with Crippen molar-refractivity contribution in [3.05, 3.63) is 36.3 Å². The molecule has 1 aromatic rings. The van der Waals surface area contributed by atoms with E-state index in [1.807, 2.05) is 0 Å². The van der Waals surface area contributed by atoms with E-state index in [2.05, 4.69) is 6.58 Å². The van der Waals surface area contributed by atoms with Crippen molar-refractivity contribution >= 4 is 25.9 Å². The Balaban J connectivity index is 3.06. The van der Waals surface area contributed by atoms with Crippen molar-refractivity contribution in [3.63, 3.8) is 0 Å². The third kappa shape index (κ3) is 3.31. The van der Waals surface area contributed by atoms with Crippen LogP contribution in [-0.2, 0) is 20.2 Å². The highest BCUT2D eigenvalue weighted by atomic mass is 32.3. The quantitative estimate of drug-likeness (QED) is 0.830. The van der Waals surface area contributed by atoms with Crippen LogP contribution in [0.1, 0.15) is 0 Å². The molecule has 0 heterocycles. The third-order valence-electron chi connectivity index (χ3n) is 1.64. The van der Waals surface area contributed by atoms with Gasteiger partial charge in [-0.1, -0.05) is 10.5 Å². The maximum Gasteiger partial charge on any atom is 0.396 e. The van der Waals surface area contributed by atoms with Gasteiger partial charge in [-0.05, 0) is 24.3 Å². The van der Waals surface area contributed by atoms with Gasteiger partial charge in [0.05, 0.1) is 10.6 Å². The first-order valence-electron chi connectivity index (χ1n) is 3.94. The molecule has 0 unspecified atom stereocenters. The van der Waals surface area contributed by atoms with Crippen LogP contribution in [0.25, 0.3) is 0 Å². The zero-order valence-electron chi connectivity index (χ0n) is 7.92. The van der Waals surface area contributed by atoms with Gasteiger partial charge in [0.1, 0.15) is 0 Å². The molecule has 88 valence electrons. The fourth-order valence-corrected chi connectivity index (χ4v) is 2.08. The molecule has 1 aromatic carbocycles. The molecule has 0 aliphatic heterocycles. The van der Waals surface area contributed by atoms with Crippen LogP contribution in [0.3, 0.4) is 0 Å². The van der Waals surface area contributed by atoms with Crippen LogP contribution in [0.5, 0.6) is 0 Å². The molecule has 0 saturated carbocycles. The zero-order chi connectivity index (χ0) is 12.4. The van der Waals surface area contributed by atoms with Crippen LogP contribution < -0.4 is 4.72 Å². The highest BCUT2D eigenvalue weighted by Gasteiger charge is 2.10. The van der Waals surface area contributed by atoms with Crippen molar-refractivity contribution in [2.75, 3.05) is 4.72 Å². The van der Waals surface area contributed by atoms with Crippen LogP contribution in [0.15, 0.2) is 41.1 Å². The molecule has 0 saturated heterocycles. The Labute approximate surface area is 92.9 Å². The van der Waals surface area contributed by atoms with Gasteiger partial charge in [0.2, 0.25) is 0 Å². The van der Waals surface area contributed by atoms with E-state index in [0.29, 0.717) is 0 Å². The van der Waals surface area contributed by atoms with E-state index in [-0.39, 0.29) is 10.6 Å². The fourth-order valence-electron chi connectivity index (χ4n) is 0.950.